The van der Waals surface area contributed by atoms with E-state index in [1.165, 1.54) is 50.2 Å². The molecule has 0 aliphatic carbocycles. The fourth-order valence-electron chi connectivity index (χ4n) is 2.57. The Hall–Kier alpha value is -0.380. The monoisotopic (exact) mass is 252 g/mol. The molecule has 1 aromatic rings. The molecule has 1 aromatic heterocycles. The molecule has 1 saturated heterocycles. The first-order valence-corrected chi connectivity index (χ1v) is 7.64. The molecule has 1 unspecified atom stereocenters. The molecule has 96 valence electrons. The van der Waals surface area contributed by atoms with E-state index in [0.29, 0.717) is 0 Å². The van der Waals surface area contributed by atoms with Gasteiger partial charge >= 0.3 is 0 Å². The second-order valence-corrected chi connectivity index (χ2v) is 6.20. The lowest BCUT2D eigenvalue weighted by Gasteiger charge is -2.23. The van der Waals surface area contributed by atoms with Crippen molar-refractivity contribution in [3.8, 4) is 0 Å². The van der Waals surface area contributed by atoms with E-state index in [1.54, 1.807) is 0 Å². The molecule has 0 spiro atoms. The van der Waals surface area contributed by atoms with E-state index in [4.69, 9.17) is 0 Å². The molecule has 1 aliphatic rings. The minimum Gasteiger partial charge on any atom is -0.316 e. The van der Waals surface area contributed by atoms with Gasteiger partial charge in [-0.15, -0.1) is 11.3 Å². The molecule has 2 rings (SSSR count). The van der Waals surface area contributed by atoms with Crippen LogP contribution in [0.2, 0.25) is 0 Å². The van der Waals surface area contributed by atoms with Gasteiger partial charge in [0.25, 0.3) is 0 Å². The average molecular weight is 252 g/mol. The van der Waals surface area contributed by atoms with Crippen molar-refractivity contribution in [2.24, 2.45) is 5.92 Å². The smallest absolute Gasteiger partial charge is 0.0324 e. The number of hydrogen-bond donors (Lipinski definition) is 1. The number of hydrogen-bond acceptors (Lipinski definition) is 3. The van der Waals surface area contributed by atoms with Gasteiger partial charge in [0.1, 0.15) is 0 Å². The van der Waals surface area contributed by atoms with Crippen LogP contribution in [0.4, 0.5) is 0 Å². The van der Waals surface area contributed by atoms with Crippen molar-refractivity contribution in [1.82, 2.24) is 10.2 Å². The highest BCUT2D eigenvalue weighted by molar-refractivity contribution is 7.09. The predicted octanol–water partition coefficient (Wildman–Crippen LogP) is 2.96. The first-order chi connectivity index (χ1) is 8.34. The summed E-state index contributed by atoms with van der Waals surface area (Å²) < 4.78 is 0. The quantitative estimate of drug-likeness (QED) is 0.837. The SMILES string of the molecule is CN(CCCC1CCCNC1)Cc1cccs1. The van der Waals surface area contributed by atoms with Gasteiger partial charge in [-0.2, -0.15) is 0 Å². The topological polar surface area (TPSA) is 15.3 Å². The number of nitrogens with one attached hydrogen (secondary N) is 1. The third-order valence-electron chi connectivity index (χ3n) is 3.56. The van der Waals surface area contributed by atoms with E-state index in [-0.39, 0.29) is 0 Å². The van der Waals surface area contributed by atoms with Crippen LogP contribution in [0.1, 0.15) is 30.6 Å². The molecule has 0 aromatic carbocycles. The van der Waals surface area contributed by atoms with E-state index in [1.807, 2.05) is 11.3 Å². The average Bonchev–Trinajstić information content (AvgIpc) is 2.83. The summed E-state index contributed by atoms with van der Waals surface area (Å²) in [6, 6.07) is 4.37. The lowest BCUT2D eigenvalue weighted by Crippen LogP contribution is -2.30. The van der Waals surface area contributed by atoms with Gasteiger partial charge in [0.2, 0.25) is 0 Å². The normalized spacial score (nSPS) is 20.9. The van der Waals surface area contributed by atoms with Crippen LogP contribution in [0.25, 0.3) is 0 Å². The second kappa shape index (κ2) is 7.14. The van der Waals surface area contributed by atoms with Crippen LogP contribution in [0.5, 0.6) is 0 Å². The number of thiophene rings is 1. The van der Waals surface area contributed by atoms with Gasteiger partial charge in [0.15, 0.2) is 0 Å². The van der Waals surface area contributed by atoms with Gasteiger partial charge < -0.3 is 10.2 Å². The summed E-state index contributed by atoms with van der Waals surface area (Å²) in [6.45, 7) is 4.82. The first kappa shape index (κ1) is 13.1. The summed E-state index contributed by atoms with van der Waals surface area (Å²) in [4.78, 5) is 3.93. The zero-order valence-corrected chi connectivity index (χ0v) is 11.6. The molecule has 17 heavy (non-hydrogen) atoms. The van der Waals surface area contributed by atoms with E-state index < -0.39 is 0 Å². The Labute approximate surface area is 109 Å². The Balaban J connectivity index is 1.58. The van der Waals surface area contributed by atoms with Crippen molar-refractivity contribution in [3.05, 3.63) is 22.4 Å². The molecular weight excluding hydrogens is 228 g/mol. The van der Waals surface area contributed by atoms with Gasteiger partial charge in [-0.1, -0.05) is 6.07 Å². The summed E-state index contributed by atoms with van der Waals surface area (Å²) in [5, 5.41) is 5.66. The molecule has 0 saturated carbocycles. The highest BCUT2D eigenvalue weighted by atomic mass is 32.1. The molecule has 1 atom stereocenters. The highest BCUT2D eigenvalue weighted by Gasteiger charge is 2.12. The Kier molecular flexibility index (Phi) is 5.49. The van der Waals surface area contributed by atoms with Crippen LogP contribution in [0.3, 0.4) is 0 Å². The van der Waals surface area contributed by atoms with Crippen LogP contribution in [0.15, 0.2) is 17.5 Å². The van der Waals surface area contributed by atoms with E-state index in [2.05, 4.69) is 34.8 Å². The minimum absolute atomic E-state index is 0.930. The molecule has 1 N–H and O–H groups in total. The van der Waals surface area contributed by atoms with Crippen LogP contribution in [0, 0.1) is 5.92 Å². The maximum atomic E-state index is 3.50. The number of rotatable bonds is 6. The van der Waals surface area contributed by atoms with Crippen LogP contribution in [-0.2, 0) is 6.54 Å². The molecule has 3 heteroatoms. The summed E-state index contributed by atoms with van der Waals surface area (Å²) in [5.74, 6) is 0.930. The van der Waals surface area contributed by atoms with E-state index in [0.717, 1.165) is 12.5 Å². The van der Waals surface area contributed by atoms with Crippen LogP contribution in [-0.4, -0.2) is 31.6 Å². The maximum Gasteiger partial charge on any atom is 0.0324 e. The standard InChI is InChI=1S/C14H24N2S/c1-16(12-14-7-4-10-17-14)9-3-6-13-5-2-8-15-11-13/h4,7,10,13,15H,2-3,5-6,8-9,11-12H2,1H3. The Bertz CT molecular complexity index is 291. The van der Waals surface area contributed by atoms with Crippen LogP contribution >= 0.6 is 11.3 Å². The summed E-state index contributed by atoms with van der Waals surface area (Å²) in [6.07, 6.45) is 5.54. The van der Waals surface area contributed by atoms with Crippen molar-refractivity contribution in [1.29, 1.82) is 0 Å². The largest absolute Gasteiger partial charge is 0.316 e. The van der Waals surface area contributed by atoms with Gasteiger partial charge in [-0.25, -0.2) is 0 Å². The predicted molar refractivity (Wildman–Crippen MR) is 75.5 cm³/mol. The van der Waals surface area contributed by atoms with Crippen molar-refractivity contribution in [3.63, 3.8) is 0 Å². The van der Waals surface area contributed by atoms with Gasteiger partial charge in [-0.3, -0.25) is 0 Å². The van der Waals surface area contributed by atoms with Gasteiger partial charge in [0, 0.05) is 11.4 Å². The van der Waals surface area contributed by atoms with Gasteiger partial charge in [0.05, 0.1) is 0 Å². The Morgan fingerprint density at radius 1 is 1.53 bits per heavy atom. The zero-order valence-electron chi connectivity index (χ0n) is 10.8. The molecule has 2 nitrogen and oxygen atoms in total. The Morgan fingerprint density at radius 2 is 2.47 bits per heavy atom. The number of piperidine rings is 1. The highest BCUT2D eigenvalue weighted by Crippen LogP contribution is 2.16. The Morgan fingerprint density at radius 3 is 3.18 bits per heavy atom. The summed E-state index contributed by atoms with van der Waals surface area (Å²) in [5.41, 5.74) is 0. The lowest BCUT2D eigenvalue weighted by atomic mass is 9.95. The number of nitrogens with zero attached hydrogens (tertiary/aromatic N) is 1. The minimum atomic E-state index is 0.930. The van der Waals surface area contributed by atoms with Crippen molar-refractivity contribution in [2.45, 2.75) is 32.2 Å². The van der Waals surface area contributed by atoms with Crippen molar-refractivity contribution >= 4 is 11.3 Å². The molecule has 0 bridgehead atoms. The molecule has 0 amide bonds. The fourth-order valence-corrected chi connectivity index (χ4v) is 3.35. The van der Waals surface area contributed by atoms with Crippen molar-refractivity contribution in [2.75, 3.05) is 26.7 Å². The molecule has 0 radical (unpaired) electrons. The third kappa shape index (κ3) is 4.78. The van der Waals surface area contributed by atoms with Crippen molar-refractivity contribution < 1.29 is 0 Å². The fraction of sp³-hybridized carbons (Fsp3) is 0.714. The second-order valence-electron chi connectivity index (χ2n) is 5.17. The van der Waals surface area contributed by atoms with Gasteiger partial charge in [-0.05, 0) is 69.7 Å². The van der Waals surface area contributed by atoms with E-state index in [9.17, 15) is 0 Å². The summed E-state index contributed by atoms with van der Waals surface area (Å²) >= 11 is 1.86. The lowest BCUT2D eigenvalue weighted by molar-refractivity contribution is 0.289. The summed E-state index contributed by atoms with van der Waals surface area (Å²) in [7, 11) is 2.23. The zero-order chi connectivity index (χ0) is 11.9. The maximum absolute atomic E-state index is 3.50. The third-order valence-corrected chi connectivity index (χ3v) is 4.42. The molecule has 2 heterocycles. The van der Waals surface area contributed by atoms with E-state index >= 15 is 0 Å². The molecule has 1 fully saturated rings. The molecule has 1 aliphatic heterocycles. The molecular formula is C14H24N2S. The first-order valence-electron chi connectivity index (χ1n) is 6.76. The van der Waals surface area contributed by atoms with Crippen LogP contribution < -0.4 is 5.32 Å².